The lowest BCUT2D eigenvalue weighted by atomic mass is 10.2. The number of hydrogen-bond donors (Lipinski definition) is 2. The van der Waals surface area contributed by atoms with Gasteiger partial charge in [-0.1, -0.05) is 30.9 Å². The van der Waals surface area contributed by atoms with Crippen LogP contribution in [0.2, 0.25) is 0 Å². The van der Waals surface area contributed by atoms with E-state index in [4.69, 9.17) is 14.5 Å². The number of methoxy groups -OCH3 is 1. The second-order valence-electron chi connectivity index (χ2n) is 6.22. The van der Waals surface area contributed by atoms with Gasteiger partial charge in [0.15, 0.2) is 11.8 Å². The van der Waals surface area contributed by atoms with Crippen LogP contribution in [0.1, 0.15) is 23.6 Å². The third-order valence-electron chi connectivity index (χ3n) is 4.15. The van der Waals surface area contributed by atoms with Crippen molar-refractivity contribution in [2.24, 2.45) is 12.0 Å². The summed E-state index contributed by atoms with van der Waals surface area (Å²) in [7, 11) is 3.65. The first-order chi connectivity index (χ1) is 13.7. The van der Waals surface area contributed by atoms with Crippen molar-refractivity contribution in [1.82, 2.24) is 25.4 Å². The minimum Gasteiger partial charge on any atom is -0.489 e. The third-order valence-corrected chi connectivity index (χ3v) is 4.15. The molecule has 0 radical (unpaired) electrons. The van der Waals surface area contributed by atoms with Crippen LogP contribution in [0.5, 0.6) is 5.75 Å². The highest BCUT2D eigenvalue weighted by molar-refractivity contribution is 5.79. The van der Waals surface area contributed by atoms with Crippen molar-refractivity contribution in [2.45, 2.75) is 26.4 Å². The molecule has 0 aliphatic rings. The molecule has 0 aliphatic heterocycles. The number of nitrogens with one attached hydrogen (secondary N) is 2. The first kappa shape index (κ1) is 21.4. The smallest absolute Gasteiger partial charge is 0.191 e. The van der Waals surface area contributed by atoms with E-state index in [9.17, 15) is 0 Å². The Kier molecular flexibility index (Phi) is 9.00. The maximum Gasteiger partial charge on any atom is 0.191 e. The summed E-state index contributed by atoms with van der Waals surface area (Å²) in [6.45, 7) is 8.56. The van der Waals surface area contributed by atoms with Crippen molar-refractivity contribution >= 4 is 5.96 Å². The number of aromatic nitrogens is 3. The molecule has 0 amide bonds. The normalized spacial score (nSPS) is 11.3. The van der Waals surface area contributed by atoms with Crippen LogP contribution in [0.25, 0.3) is 0 Å². The molecule has 0 saturated carbocycles. The van der Waals surface area contributed by atoms with E-state index in [0.717, 1.165) is 35.9 Å². The molecule has 152 valence electrons. The Bertz CT molecular complexity index is 772. The largest absolute Gasteiger partial charge is 0.489 e. The summed E-state index contributed by atoms with van der Waals surface area (Å²) in [5.74, 6) is 3.24. The minimum atomic E-state index is 0.465. The summed E-state index contributed by atoms with van der Waals surface area (Å²) < 4.78 is 12.8. The monoisotopic (exact) mass is 386 g/mol. The van der Waals surface area contributed by atoms with Gasteiger partial charge in [-0.25, -0.2) is 4.99 Å². The van der Waals surface area contributed by atoms with E-state index in [1.54, 1.807) is 13.2 Å². The lowest BCUT2D eigenvalue weighted by molar-refractivity contribution is 0.195. The van der Waals surface area contributed by atoms with E-state index >= 15 is 0 Å². The van der Waals surface area contributed by atoms with Crippen molar-refractivity contribution in [1.29, 1.82) is 0 Å². The Morgan fingerprint density at radius 2 is 2.11 bits per heavy atom. The Hall–Kier alpha value is -2.87. The fourth-order valence-corrected chi connectivity index (χ4v) is 2.45. The number of aliphatic imine (C=N–C) groups is 1. The number of para-hydroxylation sites is 1. The molecule has 0 saturated heterocycles. The molecule has 28 heavy (non-hydrogen) atoms. The first-order valence-corrected chi connectivity index (χ1v) is 9.33. The average molecular weight is 387 g/mol. The van der Waals surface area contributed by atoms with Crippen LogP contribution in [-0.4, -0.2) is 47.6 Å². The van der Waals surface area contributed by atoms with Gasteiger partial charge in [0.1, 0.15) is 18.2 Å². The lowest BCUT2D eigenvalue weighted by Crippen LogP contribution is -2.38. The van der Waals surface area contributed by atoms with Gasteiger partial charge < -0.3 is 24.7 Å². The molecular formula is C20H30N6O2. The van der Waals surface area contributed by atoms with E-state index in [1.807, 2.05) is 42.8 Å². The van der Waals surface area contributed by atoms with E-state index in [-0.39, 0.29) is 0 Å². The molecule has 0 fully saturated rings. The number of hydrogen-bond acceptors (Lipinski definition) is 5. The van der Waals surface area contributed by atoms with Gasteiger partial charge in [0, 0.05) is 32.9 Å². The van der Waals surface area contributed by atoms with Gasteiger partial charge in [-0.3, -0.25) is 0 Å². The fraction of sp³-hybridized carbons (Fsp3) is 0.450. The maximum absolute atomic E-state index is 5.71. The van der Waals surface area contributed by atoms with Crippen LogP contribution in [0.3, 0.4) is 0 Å². The topological polar surface area (TPSA) is 85.6 Å². The van der Waals surface area contributed by atoms with Gasteiger partial charge >= 0.3 is 0 Å². The highest BCUT2D eigenvalue weighted by Crippen LogP contribution is 2.18. The number of nitrogens with zero attached hydrogens (tertiary/aromatic N) is 4. The van der Waals surface area contributed by atoms with Crippen LogP contribution in [0.4, 0.5) is 0 Å². The van der Waals surface area contributed by atoms with Gasteiger partial charge in [0.25, 0.3) is 0 Å². The molecule has 0 spiro atoms. The summed E-state index contributed by atoms with van der Waals surface area (Å²) in [4.78, 5) is 4.70. The molecule has 2 aromatic rings. The van der Waals surface area contributed by atoms with E-state index in [1.165, 1.54) is 0 Å². The van der Waals surface area contributed by atoms with E-state index in [2.05, 4.69) is 27.4 Å². The molecule has 0 unspecified atom stereocenters. The van der Waals surface area contributed by atoms with Crippen molar-refractivity contribution in [3.05, 3.63) is 54.1 Å². The second-order valence-corrected chi connectivity index (χ2v) is 6.22. The van der Waals surface area contributed by atoms with E-state index < -0.39 is 0 Å². The first-order valence-electron chi connectivity index (χ1n) is 9.33. The predicted octanol–water partition coefficient (Wildman–Crippen LogP) is 1.96. The van der Waals surface area contributed by atoms with Crippen molar-refractivity contribution in [3.8, 4) is 5.75 Å². The van der Waals surface area contributed by atoms with Gasteiger partial charge in [-0.2, -0.15) is 0 Å². The van der Waals surface area contributed by atoms with Crippen LogP contribution in [0.15, 0.2) is 41.9 Å². The summed E-state index contributed by atoms with van der Waals surface area (Å²) in [6, 6.07) is 7.88. The molecule has 0 bridgehead atoms. The lowest BCUT2D eigenvalue weighted by Gasteiger charge is -2.13. The maximum atomic E-state index is 5.71. The van der Waals surface area contributed by atoms with Gasteiger partial charge in [-0.05, 0) is 19.4 Å². The molecule has 1 aromatic heterocycles. The molecular weight excluding hydrogens is 356 g/mol. The molecule has 8 heteroatoms. The van der Waals surface area contributed by atoms with Gasteiger partial charge in [-0.15, -0.1) is 10.2 Å². The Labute approximate surface area is 166 Å². The van der Waals surface area contributed by atoms with Gasteiger partial charge in [0.2, 0.25) is 0 Å². The summed E-state index contributed by atoms with van der Waals surface area (Å²) in [5.41, 5.74) is 1.01. The SMILES string of the molecule is C=CCOc1ccccc1CN=C(NCCCOC)NCc1nnc(C)n1C. The standard InChI is InChI=1S/C20H30N6O2/c1-5-12-28-18-10-7-6-9-17(18)14-22-20(21-11-8-13-27-4)23-15-19-25-24-16(2)26(19)3/h5-7,9-10H,1,8,11-15H2,2-4H3,(H2,21,22,23). The molecule has 2 N–H and O–H groups in total. The number of benzene rings is 1. The molecule has 1 aromatic carbocycles. The number of rotatable bonds is 11. The summed E-state index contributed by atoms with van der Waals surface area (Å²) >= 11 is 0. The van der Waals surface area contributed by atoms with Crippen LogP contribution in [0, 0.1) is 6.92 Å². The third kappa shape index (κ3) is 6.70. The van der Waals surface area contributed by atoms with Crippen molar-refractivity contribution in [3.63, 3.8) is 0 Å². The Morgan fingerprint density at radius 3 is 2.82 bits per heavy atom. The Balaban J connectivity index is 2.05. The van der Waals surface area contributed by atoms with Crippen LogP contribution >= 0.6 is 0 Å². The fourth-order valence-electron chi connectivity index (χ4n) is 2.45. The molecule has 1 heterocycles. The average Bonchev–Trinajstić information content (AvgIpc) is 3.03. The van der Waals surface area contributed by atoms with Gasteiger partial charge in [0.05, 0.1) is 13.1 Å². The minimum absolute atomic E-state index is 0.465. The molecule has 2 rings (SSSR count). The zero-order valence-corrected chi connectivity index (χ0v) is 16.9. The quantitative estimate of drug-likeness (QED) is 0.266. The van der Waals surface area contributed by atoms with Crippen LogP contribution < -0.4 is 15.4 Å². The Morgan fingerprint density at radius 1 is 1.29 bits per heavy atom. The van der Waals surface area contributed by atoms with Crippen molar-refractivity contribution in [2.75, 3.05) is 26.9 Å². The van der Waals surface area contributed by atoms with Crippen LogP contribution in [-0.2, 0) is 24.9 Å². The second kappa shape index (κ2) is 11.8. The zero-order chi connectivity index (χ0) is 20.2. The highest BCUT2D eigenvalue weighted by Gasteiger charge is 2.07. The summed E-state index contributed by atoms with van der Waals surface area (Å²) in [6.07, 6.45) is 2.62. The highest BCUT2D eigenvalue weighted by atomic mass is 16.5. The number of guanidine groups is 1. The molecule has 8 nitrogen and oxygen atoms in total. The number of aryl methyl sites for hydroxylation is 1. The van der Waals surface area contributed by atoms with E-state index in [0.29, 0.717) is 32.3 Å². The molecule has 0 atom stereocenters. The van der Waals surface area contributed by atoms with Crippen molar-refractivity contribution < 1.29 is 9.47 Å². The molecule has 0 aliphatic carbocycles. The zero-order valence-electron chi connectivity index (χ0n) is 16.9. The summed E-state index contributed by atoms with van der Waals surface area (Å²) in [5, 5.41) is 14.9. The number of ether oxygens (including phenoxy) is 2. The predicted molar refractivity (Wildman–Crippen MR) is 110 cm³/mol.